The van der Waals surface area contributed by atoms with Crippen LogP contribution >= 0.6 is 15.9 Å². The highest BCUT2D eigenvalue weighted by atomic mass is 79.9. The van der Waals surface area contributed by atoms with Crippen LogP contribution in [0.3, 0.4) is 0 Å². The molecule has 1 N–H and O–H groups in total. The second-order valence-electron chi connectivity index (χ2n) is 4.51. The summed E-state index contributed by atoms with van der Waals surface area (Å²) < 4.78 is 3.17. The maximum Gasteiger partial charge on any atom is 0.0695 e. The van der Waals surface area contributed by atoms with E-state index >= 15 is 0 Å². The maximum absolute atomic E-state index is 4.36. The van der Waals surface area contributed by atoms with Crippen molar-refractivity contribution in [2.45, 2.75) is 46.2 Å². The van der Waals surface area contributed by atoms with E-state index in [1.165, 1.54) is 12.1 Å². The Bertz CT molecular complexity index is 320. The third-order valence-corrected chi connectivity index (χ3v) is 3.45. The monoisotopic (exact) mass is 287 g/mol. The lowest BCUT2D eigenvalue weighted by Crippen LogP contribution is -2.21. The first kappa shape index (κ1) is 13.7. The summed E-state index contributed by atoms with van der Waals surface area (Å²) >= 11 is 3.58. The number of aryl methyl sites for hydroxylation is 1. The van der Waals surface area contributed by atoms with Gasteiger partial charge in [0.05, 0.1) is 22.4 Å². The van der Waals surface area contributed by atoms with Crippen molar-refractivity contribution in [1.29, 1.82) is 0 Å². The van der Waals surface area contributed by atoms with Crippen molar-refractivity contribution >= 4 is 15.9 Å². The quantitative estimate of drug-likeness (QED) is 0.870. The van der Waals surface area contributed by atoms with Crippen molar-refractivity contribution in [3.63, 3.8) is 0 Å². The van der Waals surface area contributed by atoms with Gasteiger partial charge in [-0.3, -0.25) is 4.68 Å². The molecule has 4 heteroatoms. The smallest absolute Gasteiger partial charge is 0.0695 e. The van der Waals surface area contributed by atoms with Gasteiger partial charge in [-0.05, 0) is 48.7 Å². The Morgan fingerprint density at radius 3 is 2.62 bits per heavy atom. The number of nitrogens with one attached hydrogen (secondary N) is 1. The number of hydrogen-bond acceptors (Lipinski definition) is 2. The summed E-state index contributed by atoms with van der Waals surface area (Å²) in [5.74, 6) is 0.743. The molecule has 92 valence electrons. The highest BCUT2D eigenvalue weighted by Gasteiger charge is 2.18. The van der Waals surface area contributed by atoms with E-state index in [0.717, 1.165) is 23.4 Å². The standard InChI is InChI=1S/C12H22BrN3/c1-5-16-12(10(13)8-15-16)11(14-4)7-6-9(2)3/h8-9,11,14H,5-7H2,1-4H3. The van der Waals surface area contributed by atoms with Gasteiger partial charge >= 0.3 is 0 Å². The molecule has 0 aliphatic heterocycles. The number of hydrogen-bond donors (Lipinski definition) is 1. The molecule has 1 heterocycles. The van der Waals surface area contributed by atoms with E-state index in [-0.39, 0.29) is 0 Å². The number of aromatic nitrogens is 2. The van der Waals surface area contributed by atoms with Crippen molar-refractivity contribution in [1.82, 2.24) is 15.1 Å². The van der Waals surface area contributed by atoms with Crippen LogP contribution in [0.2, 0.25) is 0 Å². The van der Waals surface area contributed by atoms with Crippen LogP contribution in [0.25, 0.3) is 0 Å². The Kier molecular flexibility index (Phi) is 5.49. The minimum Gasteiger partial charge on any atom is -0.312 e. The van der Waals surface area contributed by atoms with Crippen LogP contribution in [0.5, 0.6) is 0 Å². The molecule has 1 atom stereocenters. The lowest BCUT2D eigenvalue weighted by molar-refractivity contribution is 0.436. The molecule has 0 aliphatic carbocycles. The van der Waals surface area contributed by atoms with Crippen LogP contribution in [-0.2, 0) is 6.54 Å². The van der Waals surface area contributed by atoms with Gasteiger partial charge in [0.15, 0.2) is 0 Å². The third-order valence-electron chi connectivity index (χ3n) is 2.84. The number of halogens is 1. The Balaban J connectivity index is 2.81. The summed E-state index contributed by atoms with van der Waals surface area (Å²) in [5.41, 5.74) is 1.27. The van der Waals surface area contributed by atoms with Gasteiger partial charge in [0.2, 0.25) is 0 Å². The summed E-state index contributed by atoms with van der Waals surface area (Å²) in [5, 5.41) is 7.74. The fraction of sp³-hybridized carbons (Fsp3) is 0.750. The van der Waals surface area contributed by atoms with Crippen LogP contribution < -0.4 is 5.32 Å². The number of rotatable bonds is 6. The molecule has 0 fully saturated rings. The van der Waals surface area contributed by atoms with Crippen LogP contribution in [0.15, 0.2) is 10.7 Å². The average Bonchev–Trinajstić information content (AvgIpc) is 2.61. The van der Waals surface area contributed by atoms with E-state index in [1.807, 2.05) is 13.2 Å². The molecule has 16 heavy (non-hydrogen) atoms. The van der Waals surface area contributed by atoms with Crippen molar-refractivity contribution < 1.29 is 0 Å². The lowest BCUT2D eigenvalue weighted by Gasteiger charge is -2.19. The van der Waals surface area contributed by atoms with Gasteiger partial charge in [-0.1, -0.05) is 13.8 Å². The zero-order valence-corrected chi connectivity index (χ0v) is 12.2. The minimum atomic E-state index is 0.388. The largest absolute Gasteiger partial charge is 0.312 e. The van der Waals surface area contributed by atoms with Crippen LogP contribution in [0.4, 0.5) is 0 Å². The highest BCUT2D eigenvalue weighted by Crippen LogP contribution is 2.27. The lowest BCUT2D eigenvalue weighted by atomic mass is 10.0. The molecule has 3 nitrogen and oxygen atoms in total. The predicted octanol–water partition coefficient (Wildman–Crippen LogP) is 3.36. The summed E-state index contributed by atoms with van der Waals surface area (Å²) in [7, 11) is 2.02. The zero-order valence-electron chi connectivity index (χ0n) is 10.6. The van der Waals surface area contributed by atoms with Gasteiger partial charge in [-0.25, -0.2) is 0 Å². The molecule has 0 saturated heterocycles. The Labute approximate surface area is 107 Å². The molecule has 0 bridgehead atoms. The normalized spacial score (nSPS) is 13.4. The highest BCUT2D eigenvalue weighted by molar-refractivity contribution is 9.10. The van der Waals surface area contributed by atoms with Crippen molar-refractivity contribution in [2.24, 2.45) is 5.92 Å². The first-order chi connectivity index (χ1) is 7.60. The fourth-order valence-corrected chi connectivity index (χ4v) is 2.46. The predicted molar refractivity (Wildman–Crippen MR) is 71.5 cm³/mol. The molecule has 0 aliphatic rings. The second-order valence-corrected chi connectivity index (χ2v) is 5.36. The maximum atomic E-state index is 4.36. The third kappa shape index (κ3) is 3.32. The SMILES string of the molecule is CCn1ncc(Br)c1C(CCC(C)C)NC. The second kappa shape index (κ2) is 6.40. The van der Waals surface area contributed by atoms with Crippen molar-refractivity contribution in [2.75, 3.05) is 7.05 Å². The topological polar surface area (TPSA) is 29.9 Å². The molecule has 0 radical (unpaired) electrons. The van der Waals surface area contributed by atoms with E-state index in [9.17, 15) is 0 Å². The first-order valence-electron chi connectivity index (χ1n) is 5.98. The average molecular weight is 288 g/mol. The Morgan fingerprint density at radius 2 is 2.12 bits per heavy atom. The van der Waals surface area contributed by atoms with Gasteiger partial charge in [0.1, 0.15) is 0 Å². The van der Waals surface area contributed by atoms with E-state index in [1.54, 1.807) is 0 Å². The summed E-state index contributed by atoms with van der Waals surface area (Å²) in [6, 6.07) is 0.388. The van der Waals surface area contributed by atoms with Gasteiger partial charge in [-0.15, -0.1) is 0 Å². The van der Waals surface area contributed by atoms with Gasteiger partial charge in [0, 0.05) is 6.54 Å². The molecule has 0 spiro atoms. The van der Waals surface area contributed by atoms with Crippen molar-refractivity contribution in [3.05, 3.63) is 16.4 Å². The molecule has 1 aromatic heterocycles. The molecule has 0 amide bonds. The van der Waals surface area contributed by atoms with Gasteiger partial charge in [-0.2, -0.15) is 5.10 Å². The molecule has 0 aromatic carbocycles. The fourth-order valence-electron chi connectivity index (χ4n) is 1.89. The molecule has 1 unspecified atom stereocenters. The van der Waals surface area contributed by atoms with Crippen LogP contribution in [0, 0.1) is 5.92 Å². The van der Waals surface area contributed by atoms with Crippen LogP contribution in [0.1, 0.15) is 45.3 Å². The zero-order chi connectivity index (χ0) is 12.1. The summed E-state index contributed by atoms with van der Waals surface area (Å²) in [4.78, 5) is 0. The summed E-state index contributed by atoms with van der Waals surface area (Å²) in [6.45, 7) is 7.57. The Morgan fingerprint density at radius 1 is 1.44 bits per heavy atom. The number of nitrogens with zero attached hydrogens (tertiary/aromatic N) is 2. The van der Waals surface area contributed by atoms with E-state index in [2.05, 4.69) is 51.8 Å². The molecular weight excluding hydrogens is 266 g/mol. The first-order valence-corrected chi connectivity index (χ1v) is 6.77. The molecule has 0 saturated carbocycles. The van der Waals surface area contributed by atoms with E-state index in [0.29, 0.717) is 6.04 Å². The summed E-state index contributed by atoms with van der Waals surface area (Å²) in [6.07, 6.45) is 4.27. The van der Waals surface area contributed by atoms with E-state index < -0.39 is 0 Å². The molecular formula is C12H22BrN3. The minimum absolute atomic E-state index is 0.388. The molecule has 1 rings (SSSR count). The van der Waals surface area contributed by atoms with Crippen molar-refractivity contribution in [3.8, 4) is 0 Å². The van der Waals surface area contributed by atoms with Gasteiger partial charge < -0.3 is 5.32 Å². The molecule has 1 aromatic rings. The Hall–Kier alpha value is -0.350. The van der Waals surface area contributed by atoms with Gasteiger partial charge in [0.25, 0.3) is 0 Å². The van der Waals surface area contributed by atoms with E-state index in [4.69, 9.17) is 0 Å². The van der Waals surface area contributed by atoms with Crippen LogP contribution in [-0.4, -0.2) is 16.8 Å².